The Morgan fingerprint density at radius 1 is 1.33 bits per heavy atom. The van der Waals surface area contributed by atoms with Gasteiger partial charge in [0.05, 0.1) is 5.69 Å². The summed E-state index contributed by atoms with van der Waals surface area (Å²) in [6.07, 6.45) is 10.8. The Bertz CT molecular complexity index is 913. The van der Waals surface area contributed by atoms with E-state index in [2.05, 4.69) is 35.4 Å². The highest BCUT2D eigenvalue weighted by Gasteiger charge is 2.14. The molecule has 0 radical (unpaired) electrons. The van der Waals surface area contributed by atoms with Crippen LogP contribution in [0.15, 0.2) is 66.1 Å². The maximum Gasteiger partial charge on any atom is 0.159 e. The number of rotatable bonds is 12. The molecular weight excluding hydrogens is 479 g/mol. The first-order valence-electron chi connectivity index (χ1n) is 10.4. The Kier molecular flexibility index (Phi) is 18.8. The lowest BCUT2D eigenvalue weighted by molar-refractivity contribution is 0.101. The number of carbonyl (C=O) groups excluding carboxylic acids is 1. The molecule has 0 saturated heterocycles. The summed E-state index contributed by atoms with van der Waals surface area (Å²) in [6, 6.07) is 4.25. The number of alkyl halides is 1. The van der Waals surface area contributed by atoms with E-state index in [1.54, 1.807) is 34.6 Å². The number of hydrogen-bond acceptors (Lipinski definition) is 4. The molecule has 0 saturated carbocycles. The van der Waals surface area contributed by atoms with Crippen molar-refractivity contribution in [3.05, 3.63) is 77.5 Å². The molecule has 1 aromatic carbocycles. The fourth-order valence-corrected chi connectivity index (χ4v) is 4.29. The van der Waals surface area contributed by atoms with Gasteiger partial charge in [-0.1, -0.05) is 33.1 Å². The van der Waals surface area contributed by atoms with E-state index in [9.17, 15) is 13.4 Å². The smallest absolute Gasteiger partial charge is 0.159 e. The van der Waals surface area contributed by atoms with Crippen molar-refractivity contribution in [3.63, 3.8) is 0 Å². The third kappa shape index (κ3) is 13.5. The van der Waals surface area contributed by atoms with Gasteiger partial charge >= 0.3 is 0 Å². The van der Waals surface area contributed by atoms with E-state index in [-0.39, 0.29) is 11.8 Å². The first-order valence-corrected chi connectivity index (χ1v) is 14.2. The van der Waals surface area contributed by atoms with Gasteiger partial charge in [-0.2, -0.15) is 0 Å². The van der Waals surface area contributed by atoms with Gasteiger partial charge in [0.25, 0.3) is 0 Å². The summed E-state index contributed by atoms with van der Waals surface area (Å²) in [5.41, 5.74) is 0.663. The van der Waals surface area contributed by atoms with Gasteiger partial charge in [0, 0.05) is 44.6 Å². The van der Waals surface area contributed by atoms with Crippen LogP contribution >= 0.6 is 23.4 Å². The molecule has 0 heterocycles. The Hall–Kier alpha value is -1.80. The zero-order valence-corrected chi connectivity index (χ0v) is 23.0. The van der Waals surface area contributed by atoms with Crippen molar-refractivity contribution < 1.29 is 13.4 Å². The number of nitrogens with zero attached hydrogens (tertiary/aromatic N) is 1. The van der Waals surface area contributed by atoms with Gasteiger partial charge in [0.15, 0.2) is 5.78 Å². The largest absolute Gasteiger partial charge is 0.346 e. The first kappa shape index (κ1) is 33.4. The summed E-state index contributed by atoms with van der Waals surface area (Å²) >= 11 is 6.16. The van der Waals surface area contributed by atoms with Crippen LogP contribution in [0.25, 0.3) is 0 Å². The molecule has 1 rings (SSSR count). The van der Waals surface area contributed by atoms with E-state index in [0.29, 0.717) is 24.2 Å². The fraction of sp³-hybridized carbons (Fsp3) is 0.360. The van der Waals surface area contributed by atoms with E-state index in [4.69, 9.17) is 0 Å². The molecule has 2 atom stereocenters. The average molecular weight is 517 g/mol. The van der Waals surface area contributed by atoms with Crippen molar-refractivity contribution in [1.82, 2.24) is 4.72 Å². The minimum atomic E-state index is -2.62. The van der Waals surface area contributed by atoms with Crippen molar-refractivity contribution in [2.45, 2.75) is 40.2 Å². The van der Waals surface area contributed by atoms with Crippen LogP contribution in [0.2, 0.25) is 0 Å². The second kappa shape index (κ2) is 18.6. The standard InChI is InChI=1S/C22H29FN2O2S2.C2H6.CH3Cl/c1-7-9-20(28-5)13-15-29(6,27)24-17(3)12-14-25(8-2)22-11-10-19(18(4)26)16-21(22)23;2*1-2/h7-11,13,15-17H,1-2,6,12,14H2,3-5H3,(H,24,27);1-2H3;1H3/b15-13+,20-9-;;. The van der Waals surface area contributed by atoms with Crippen LogP contribution in [-0.2, 0) is 9.71 Å². The number of hydrogen-bond donors (Lipinski definition) is 1. The molecule has 0 aliphatic rings. The summed E-state index contributed by atoms with van der Waals surface area (Å²) in [6.45, 7) is 15.1. The number of carbonyl (C=O) groups is 1. The molecule has 0 spiro atoms. The molecule has 186 valence electrons. The lowest BCUT2D eigenvalue weighted by atomic mass is 10.1. The molecule has 0 aromatic heterocycles. The Balaban J connectivity index is 0. The fourth-order valence-electron chi connectivity index (χ4n) is 2.53. The maximum atomic E-state index is 14.4. The van der Waals surface area contributed by atoms with Gasteiger partial charge in [0.2, 0.25) is 0 Å². The second-order valence-corrected chi connectivity index (χ2v) is 9.28. The second-order valence-electron chi connectivity index (χ2n) is 6.44. The summed E-state index contributed by atoms with van der Waals surface area (Å²) in [5.74, 6) is 3.09. The van der Waals surface area contributed by atoms with Crippen LogP contribution in [0.3, 0.4) is 0 Å². The highest BCUT2D eigenvalue weighted by Crippen LogP contribution is 2.22. The Morgan fingerprint density at radius 3 is 2.39 bits per heavy atom. The zero-order chi connectivity index (χ0) is 26.0. The van der Waals surface area contributed by atoms with Crippen molar-refractivity contribution >= 4 is 50.4 Å². The molecule has 8 heteroatoms. The molecule has 1 aromatic rings. The maximum absolute atomic E-state index is 14.4. The van der Waals surface area contributed by atoms with E-state index in [1.807, 2.05) is 33.1 Å². The van der Waals surface area contributed by atoms with Gasteiger partial charge in [0.1, 0.15) is 5.82 Å². The first-order chi connectivity index (χ1) is 15.6. The number of halogens is 2. The van der Waals surface area contributed by atoms with Gasteiger partial charge in [-0.3, -0.25) is 4.79 Å². The van der Waals surface area contributed by atoms with Crippen LogP contribution in [0.4, 0.5) is 10.1 Å². The quantitative estimate of drug-likeness (QED) is 0.143. The SMILES string of the molecule is C=C/C=C(/C=C/S(=C)(=O)NC(C)CCN(C=C)c1ccc(C(C)=O)cc1F)SC.CC.CCl. The normalized spacial score (nSPS) is 13.5. The van der Waals surface area contributed by atoms with E-state index in [1.165, 1.54) is 37.3 Å². The van der Waals surface area contributed by atoms with Crippen LogP contribution < -0.4 is 9.62 Å². The van der Waals surface area contributed by atoms with Crippen LogP contribution in [0, 0.1) is 5.82 Å². The molecule has 2 unspecified atom stereocenters. The number of ketones is 1. The van der Waals surface area contributed by atoms with Crippen molar-refractivity contribution in [1.29, 1.82) is 0 Å². The molecule has 0 aliphatic carbocycles. The molecule has 0 bridgehead atoms. The summed E-state index contributed by atoms with van der Waals surface area (Å²) in [5, 5.41) is 1.56. The number of benzene rings is 1. The molecule has 1 N–H and O–H groups in total. The minimum Gasteiger partial charge on any atom is -0.346 e. The van der Waals surface area contributed by atoms with E-state index >= 15 is 0 Å². The lowest BCUT2D eigenvalue weighted by Gasteiger charge is -2.23. The highest BCUT2D eigenvalue weighted by atomic mass is 35.5. The third-order valence-electron chi connectivity index (χ3n) is 4.06. The van der Waals surface area contributed by atoms with E-state index in [0.717, 1.165) is 4.91 Å². The molecule has 4 nitrogen and oxygen atoms in total. The number of nitrogens with one attached hydrogen (secondary N) is 1. The van der Waals surface area contributed by atoms with Gasteiger partial charge in [-0.15, -0.1) is 23.4 Å². The summed E-state index contributed by atoms with van der Waals surface area (Å²) in [4.78, 5) is 14.0. The Morgan fingerprint density at radius 2 is 1.94 bits per heavy atom. The number of anilines is 1. The lowest BCUT2D eigenvalue weighted by Crippen LogP contribution is -2.34. The molecule has 0 amide bonds. The molecule has 33 heavy (non-hydrogen) atoms. The van der Waals surface area contributed by atoms with Crippen LogP contribution in [-0.4, -0.2) is 41.1 Å². The predicted octanol–water partition coefficient (Wildman–Crippen LogP) is 6.81. The molecule has 0 aliphatic heterocycles. The zero-order valence-electron chi connectivity index (χ0n) is 20.6. The molecule has 0 fully saturated rings. The van der Waals surface area contributed by atoms with Gasteiger partial charge in [-0.25, -0.2) is 13.3 Å². The third-order valence-corrected chi connectivity index (χ3v) is 6.18. The van der Waals surface area contributed by atoms with Gasteiger partial charge < -0.3 is 4.90 Å². The van der Waals surface area contributed by atoms with Crippen molar-refractivity contribution in [3.8, 4) is 0 Å². The van der Waals surface area contributed by atoms with Crippen molar-refractivity contribution in [2.75, 3.05) is 24.1 Å². The number of thioether (sulfide) groups is 1. The van der Waals surface area contributed by atoms with Crippen LogP contribution in [0.5, 0.6) is 0 Å². The van der Waals surface area contributed by atoms with Gasteiger partial charge in [-0.05, 0) is 68.9 Å². The number of allylic oxidation sites excluding steroid dienone is 3. The Labute approximate surface area is 209 Å². The number of Topliss-reactive ketones (excluding diaryl/α,β-unsaturated/α-hetero) is 1. The van der Waals surface area contributed by atoms with Crippen molar-refractivity contribution in [2.24, 2.45) is 0 Å². The topological polar surface area (TPSA) is 49.4 Å². The summed E-state index contributed by atoms with van der Waals surface area (Å²) in [7, 11) is -2.62. The molecular formula is C25H38ClFN2O2S2. The summed E-state index contributed by atoms with van der Waals surface area (Å²) < 4.78 is 30.1. The minimum absolute atomic E-state index is 0.132. The predicted molar refractivity (Wildman–Crippen MR) is 150 cm³/mol. The highest BCUT2D eigenvalue weighted by molar-refractivity contribution is 8.03. The average Bonchev–Trinajstić information content (AvgIpc) is 2.80. The monoisotopic (exact) mass is 516 g/mol. The van der Waals surface area contributed by atoms with E-state index < -0.39 is 15.5 Å². The van der Waals surface area contributed by atoms with Crippen LogP contribution in [0.1, 0.15) is 44.5 Å².